The van der Waals surface area contributed by atoms with Gasteiger partial charge in [0.2, 0.25) is 0 Å². The van der Waals surface area contributed by atoms with Crippen molar-refractivity contribution in [2.75, 3.05) is 6.61 Å². The van der Waals surface area contributed by atoms with Crippen LogP contribution in [-0.4, -0.2) is 22.5 Å². The first-order valence-electron chi connectivity index (χ1n) is 6.14. The minimum absolute atomic E-state index is 0.134. The Morgan fingerprint density at radius 1 is 1.28 bits per heavy atom. The van der Waals surface area contributed by atoms with Crippen LogP contribution in [0.2, 0.25) is 0 Å². The molecule has 0 saturated heterocycles. The molecule has 1 heterocycles. The van der Waals surface area contributed by atoms with E-state index < -0.39 is 0 Å². The third kappa shape index (κ3) is 3.18. The predicted octanol–water partition coefficient (Wildman–Crippen LogP) is 2.30. The number of benzene rings is 1. The third-order valence-electron chi connectivity index (χ3n) is 2.66. The molecule has 4 nitrogen and oxygen atoms in total. The zero-order valence-corrected chi connectivity index (χ0v) is 10.8. The highest BCUT2D eigenvalue weighted by molar-refractivity contribution is 5.31. The maximum Gasteiger partial charge on any atom is 0.0664 e. The Bertz CT molecular complexity index is 479. The second kappa shape index (κ2) is 5.80. The number of nitrogens with two attached hydrogens (primary N) is 1. The van der Waals surface area contributed by atoms with Crippen molar-refractivity contribution in [3.8, 4) is 5.69 Å². The van der Waals surface area contributed by atoms with Crippen LogP contribution in [-0.2, 0) is 4.74 Å². The molecule has 1 aromatic carbocycles. The van der Waals surface area contributed by atoms with Crippen LogP contribution in [0.3, 0.4) is 0 Å². The minimum Gasteiger partial charge on any atom is -0.377 e. The topological polar surface area (TPSA) is 53.1 Å². The molecule has 0 saturated carbocycles. The zero-order valence-electron chi connectivity index (χ0n) is 10.8. The first-order valence-corrected chi connectivity index (χ1v) is 6.14. The van der Waals surface area contributed by atoms with Crippen LogP contribution in [0.15, 0.2) is 42.7 Å². The molecule has 4 heteroatoms. The van der Waals surface area contributed by atoms with E-state index in [-0.39, 0.29) is 12.1 Å². The molecule has 0 amide bonds. The number of rotatable bonds is 5. The van der Waals surface area contributed by atoms with Gasteiger partial charge in [-0.3, -0.25) is 0 Å². The smallest absolute Gasteiger partial charge is 0.0664 e. The molecule has 1 unspecified atom stereocenters. The Hall–Kier alpha value is -1.65. The van der Waals surface area contributed by atoms with E-state index in [9.17, 15) is 0 Å². The fourth-order valence-electron chi connectivity index (χ4n) is 1.64. The summed E-state index contributed by atoms with van der Waals surface area (Å²) >= 11 is 0. The minimum atomic E-state index is -0.134. The van der Waals surface area contributed by atoms with Crippen LogP contribution in [0, 0.1) is 0 Å². The highest BCUT2D eigenvalue weighted by Gasteiger charge is 2.10. The van der Waals surface area contributed by atoms with Gasteiger partial charge in [0, 0.05) is 11.8 Å². The molecule has 2 rings (SSSR count). The summed E-state index contributed by atoms with van der Waals surface area (Å²) in [6, 6.07) is 9.83. The summed E-state index contributed by atoms with van der Waals surface area (Å²) in [5.74, 6) is 0. The molecular formula is C14H19N3O. The molecule has 0 aliphatic carbocycles. The summed E-state index contributed by atoms with van der Waals surface area (Å²) in [6.45, 7) is 4.51. The summed E-state index contributed by atoms with van der Waals surface area (Å²) in [5, 5.41) is 4.32. The predicted molar refractivity (Wildman–Crippen MR) is 71.6 cm³/mol. The summed E-state index contributed by atoms with van der Waals surface area (Å²) in [6.07, 6.45) is 3.94. The van der Waals surface area contributed by atoms with Crippen LogP contribution in [0.4, 0.5) is 0 Å². The van der Waals surface area contributed by atoms with Crippen molar-refractivity contribution < 1.29 is 4.74 Å². The number of para-hydroxylation sites is 1. The van der Waals surface area contributed by atoms with E-state index in [2.05, 4.69) is 5.10 Å². The molecule has 0 spiro atoms. The second-order valence-corrected chi connectivity index (χ2v) is 4.54. The fraction of sp³-hybridized carbons (Fsp3) is 0.357. The van der Waals surface area contributed by atoms with Crippen LogP contribution in [0.25, 0.3) is 5.69 Å². The molecule has 0 bridgehead atoms. The van der Waals surface area contributed by atoms with Crippen LogP contribution >= 0.6 is 0 Å². The summed E-state index contributed by atoms with van der Waals surface area (Å²) in [4.78, 5) is 0. The van der Waals surface area contributed by atoms with Crippen molar-refractivity contribution in [2.45, 2.75) is 26.0 Å². The SMILES string of the molecule is CC(C)OCC(N)c1cnn(-c2ccccc2)c1. The van der Waals surface area contributed by atoms with Crippen molar-refractivity contribution in [1.82, 2.24) is 9.78 Å². The van der Waals surface area contributed by atoms with E-state index >= 15 is 0 Å². The number of ether oxygens (including phenoxy) is 1. The number of hydrogen-bond donors (Lipinski definition) is 1. The quantitative estimate of drug-likeness (QED) is 0.879. The lowest BCUT2D eigenvalue weighted by molar-refractivity contribution is 0.0683. The molecule has 1 aromatic heterocycles. The van der Waals surface area contributed by atoms with Gasteiger partial charge >= 0.3 is 0 Å². The number of nitrogens with zero attached hydrogens (tertiary/aromatic N) is 2. The molecule has 0 radical (unpaired) electrons. The summed E-state index contributed by atoms with van der Waals surface area (Å²) in [5.41, 5.74) is 8.07. The van der Waals surface area contributed by atoms with Gasteiger partial charge in [-0.2, -0.15) is 5.10 Å². The van der Waals surface area contributed by atoms with Crippen molar-refractivity contribution in [1.29, 1.82) is 0 Å². The monoisotopic (exact) mass is 245 g/mol. The Labute approximate surface area is 107 Å². The Morgan fingerprint density at radius 3 is 2.67 bits per heavy atom. The molecule has 18 heavy (non-hydrogen) atoms. The maximum atomic E-state index is 6.06. The summed E-state index contributed by atoms with van der Waals surface area (Å²) in [7, 11) is 0. The normalized spacial score (nSPS) is 12.9. The van der Waals surface area contributed by atoms with E-state index in [0.717, 1.165) is 11.3 Å². The van der Waals surface area contributed by atoms with Crippen molar-refractivity contribution in [3.05, 3.63) is 48.3 Å². The maximum absolute atomic E-state index is 6.06. The van der Waals surface area contributed by atoms with Crippen LogP contribution < -0.4 is 5.73 Å². The van der Waals surface area contributed by atoms with Crippen molar-refractivity contribution in [3.63, 3.8) is 0 Å². The third-order valence-corrected chi connectivity index (χ3v) is 2.66. The molecular weight excluding hydrogens is 226 g/mol. The molecule has 0 aliphatic heterocycles. The fourth-order valence-corrected chi connectivity index (χ4v) is 1.64. The first kappa shape index (κ1) is 12.8. The lowest BCUT2D eigenvalue weighted by atomic mass is 10.2. The average molecular weight is 245 g/mol. The summed E-state index contributed by atoms with van der Waals surface area (Å²) < 4.78 is 7.33. The highest BCUT2D eigenvalue weighted by atomic mass is 16.5. The van der Waals surface area contributed by atoms with Crippen molar-refractivity contribution in [2.24, 2.45) is 5.73 Å². The Morgan fingerprint density at radius 2 is 2.00 bits per heavy atom. The molecule has 96 valence electrons. The number of aromatic nitrogens is 2. The van der Waals surface area contributed by atoms with Gasteiger partial charge in [0.05, 0.1) is 30.6 Å². The highest BCUT2D eigenvalue weighted by Crippen LogP contribution is 2.13. The zero-order chi connectivity index (χ0) is 13.0. The second-order valence-electron chi connectivity index (χ2n) is 4.54. The molecule has 1 atom stereocenters. The first-order chi connectivity index (χ1) is 8.66. The standard InChI is InChI=1S/C14H19N3O/c1-11(2)18-10-14(15)12-8-16-17(9-12)13-6-4-3-5-7-13/h3-9,11,14H,10,15H2,1-2H3. The molecule has 2 aromatic rings. The van der Waals surface area contributed by atoms with E-state index in [1.54, 1.807) is 6.20 Å². The lowest BCUT2D eigenvalue weighted by Crippen LogP contribution is -2.19. The van der Waals surface area contributed by atoms with Gasteiger partial charge < -0.3 is 10.5 Å². The van der Waals surface area contributed by atoms with Gasteiger partial charge in [-0.15, -0.1) is 0 Å². The van der Waals surface area contributed by atoms with Crippen LogP contribution in [0.5, 0.6) is 0 Å². The van der Waals surface area contributed by atoms with Gasteiger partial charge in [-0.05, 0) is 26.0 Å². The van der Waals surface area contributed by atoms with Crippen LogP contribution in [0.1, 0.15) is 25.5 Å². The Balaban J connectivity index is 2.06. The van der Waals surface area contributed by atoms with Gasteiger partial charge in [0.1, 0.15) is 0 Å². The molecule has 2 N–H and O–H groups in total. The van der Waals surface area contributed by atoms with E-state index in [1.807, 2.05) is 55.1 Å². The van der Waals surface area contributed by atoms with Crippen molar-refractivity contribution >= 4 is 0 Å². The average Bonchev–Trinajstić information content (AvgIpc) is 2.86. The van der Waals surface area contributed by atoms with E-state index in [0.29, 0.717) is 6.61 Å². The van der Waals surface area contributed by atoms with Gasteiger partial charge in [0.25, 0.3) is 0 Å². The van der Waals surface area contributed by atoms with E-state index in [1.165, 1.54) is 0 Å². The largest absolute Gasteiger partial charge is 0.377 e. The van der Waals surface area contributed by atoms with Gasteiger partial charge in [0.15, 0.2) is 0 Å². The number of hydrogen-bond acceptors (Lipinski definition) is 3. The van der Waals surface area contributed by atoms with Gasteiger partial charge in [-0.25, -0.2) is 4.68 Å². The molecule has 0 aliphatic rings. The van der Waals surface area contributed by atoms with Gasteiger partial charge in [-0.1, -0.05) is 18.2 Å². The lowest BCUT2D eigenvalue weighted by Gasteiger charge is -2.12. The molecule has 0 fully saturated rings. The van der Waals surface area contributed by atoms with E-state index in [4.69, 9.17) is 10.5 Å². The Kier molecular flexibility index (Phi) is 4.12.